The minimum absolute atomic E-state index is 0.0131. The Morgan fingerprint density at radius 1 is 0.958 bits per heavy atom. The molecule has 0 aliphatic carbocycles. The molecule has 0 saturated carbocycles. The second-order valence-corrected chi connectivity index (χ2v) is 7.59. The molecule has 0 amide bonds. The van der Waals surface area contributed by atoms with Crippen LogP contribution < -0.4 is 9.64 Å². The van der Waals surface area contributed by atoms with Gasteiger partial charge in [0.15, 0.2) is 0 Å². The summed E-state index contributed by atoms with van der Waals surface area (Å²) in [6.45, 7) is 3.42. The average molecular weight is 358 g/mol. The monoisotopic (exact) mass is 358 g/mol. The summed E-state index contributed by atoms with van der Waals surface area (Å²) < 4.78 is 41.5. The first kappa shape index (κ1) is 19.0. The summed E-state index contributed by atoms with van der Waals surface area (Å²) in [6, 6.07) is 7.81. The van der Waals surface area contributed by atoms with Crippen molar-refractivity contribution in [2.24, 2.45) is 0 Å². The molecule has 8 heteroatoms. The van der Waals surface area contributed by atoms with Gasteiger partial charge in [0.1, 0.15) is 5.75 Å². The molecule has 0 spiro atoms. The highest BCUT2D eigenvalue weighted by molar-refractivity contribution is 7.89. The highest BCUT2D eigenvalue weighted by Gasteiger charge is 2.26. The molecule has 7 nitrogen and oxygen atoms in total. The number of hydrogen-bond donors (Lipinski definition) is 0. The summed E-state index contributed by atoms with van der Waals surface area (Å²) in [5.74, 6) is 0.827. The molecule has 2 rings (SSSR count). The van der Waals surface area contributed by atoms with Crippen molar-refractivity contribution < 1.29 is 22.6 Å². The van der Waals surface area contributed by atoms with Crippen LogP contribution in [-0.2, 0) is 19.5 Å². The van der Waals surface area contributed by atoms with Crippen LogP contribution in [0.4, 0.5) is 5.69 Å². The van der Waals surface area contributed by atoms with Crippen LogP contribution >= 0.6 is 0 Å². The van der Waals surface area contributed by atoms with E-state index in [0.29, 0.717) is 39.4 Å². The predicted molar refractivity (Wildman–Crippen MR) is 93.3 cm³/mol. The number of benzene rings is 1. The van der Waals surface area contributed by atoms with Gasteiger partial charge < -0.3 is 19.1 Å². The molecule has 136 valence electrons. The van der Waals surface area contributed by atoms with Crippen LogP contribution in [0.1, 0.15) is 0 Å². The maximum absolute atomic E-state index is 12.3. The van der Waals surface area contributed by atoms with E-state index in [1.165, 1.54) is 0 Å². The van der Waals surface area contributed by atoms with Gasteiger partial charge in [-0.3, -0.25) is 0 Å². The molecule has 0 N–H and O–H groups in total. The highest BCUT2D eigenvalue weighted by atomic mass is 32.2. The van der Waals surface area contributed by atoms with Crippen molar-refractivity contribution in [2.75, 3.05) is 70.9 Å². The van der Waals surface area contributed by atoms with Crippen molar-refractivity contribution in [1.82, 2.24) is 4.31 Å². The van der Waals surface area contributed by atoms with Crippen molar-refractivity contribution >= 4 is 15.7 Å². The van der Waals surface area contributed by atoms with Crippen LogP contribution in [0.3, 0.4) is 0 Å². The van der Waals surface area contributed by atoms with Gasteiger partial charge in [-0.15, -0.1) is 0 Å². The lowest BCUT2D eigenvalue weighted by Gasteiger charge is -2.35. The minimum Gasteiger partial charge on any atom is -0.497 e. The zero-order chi connectivity index (χ0) is 17.4. The zero-order valence-corrected chi connectivity index (χ0v) is 15.1. The molecule has 0 aromatic heterocycles. The van der Waals surface area contributed by atoms with E-state index in [2.05, 4.69) is 4.90 Å². The van der Waals surface area contributed by atoms with Gasteiger partial charge in [-0.25, -0.2) is 8.42 Å². The average Bonchev–Trinajstić information content (AvgIpc) is 2.62. The lowest BCUT2D eigenvalue weighted by Crippen LogP contribution is -2.49. The molecule has 1 saturated heterocycles. The Bertz CT molecular complexity index is 583. The smallest absolute Gasteiger partial charge is 0.216 e. The van der Waals surface area contributed by atoms with Crippen LogP contribution in [0.25, 0.3) is 0 Å². The lowest BCUT2D eigenvalue weighted by molar-refractivity contribution is 0.0781. The quantitative estimate of drug-likeness (QED) is 0.609. The molecular weight excluding hydrogens is 332 g/mol. The fourth-order valence-corrected chi connectivity index (χ4v) is 3.86. The van der Waals surface area contributed by atoms with Gasteiger partial charge in [0, 0.05) is 39.0 Å². The maximum atomic E-state index is 12.3. The third kappa shape index (κ3) is 5.34. The lowest BCUT2D eigenvalue weighted by atomic mass is 10.2. The molecule has 1 aromatic carbocycles. The van der Waals surface area contributed by atoms with E-state index < -0.39 is 10.0 Å². The van der Waals surface area contributed by atoms with Crippen LogP contribution in [0.5, 0.6) is 5.75 Å². The number of ether oxygens (including phenoxy) is 3. The molecule has 24 heavy (non-hydrogen) atoms. The minimum atomic E-state index is -3.27. The molecule has 1 heterocycles. The Balaban J connectivity index is 1.80. The number of sulfonamides is 1. The fourth-order valence-electron chi connectivity index (χ4n) is 2.56. The van der Waals surface area contributed by atoms with Crippen LogP contribution in [0, 0.1) is 0 Å². The van der Waals surface area contributed by atoms with Crippen molar-refractivity contribution in [1.29, 1.82) is 0 Å². The van der Waals surface area contributed by atoms with E-state index in [1.54, 1.807) is 18.5 Å². The number of anilines is 1. The molecule has 0 radical (unpaired) electrons. The Kier molecular flexibility index (Phi) is 7.29. The van der Waals surface area contributed by atoms with Crippen LogP contribution in [-0.4, -0.2) is 78.7 Å². The number of methoxy groups -OCH3 is 2. The second kappa shape index (κ2) is 9.22. The number of nitrogens with zero attached hydrogens (tertiary/aromatic N) is 2. The van der Waals surface area contributed by atoms with Crippen molar-refractivity contribution in [3.63, 3.8) is 0 Å². The molecule has 1 aliphatic rings. The third-order valence-electron chi connectivity index (χ3n) is 3.99. The Morgan fingerprint density at radius 3 is 2.21 bits per heavy atom. The van der Waals surface area contributed by atoms with Gasteiger partial charge >= 0.3 is 0 Å². The van der Waals surface area contributed by atoms with E-state index in [0.717, 1.165) is 11.4 Å². The van der Waals surface area contributed by atoms with E-state index in [9.17, 15) is 8.42 Å². The third-order valence-corrected chi connectivity index (χ3v) is 5.82. The standard InChI is InChI=1S/C16H26N2O5S/c1-21-11-12-23-13-14-24(19,20)18-9-7-17(8-10-18)15-3-5-16(22-2)6-4-15/h3-6H,7-14H2,1-2H3. The first-order chi connectivity index (χ1) is 11.6. The van der Waals surface area contributed by atoms with Gasteiger partial charge in [-0.2, -0.15) is 4.31 Å². The van der Waals surface area contributed by atoms with Crippen molar-refractivity contribution in [3.8, 4) is 5.75 Å². The van der Waals surface area contributed by atoms with Gasteiger partial charge in [0.2, 0.25) is 10.0 Å². The molecule has 1 aromatic rings. The molecule has 0 unspecified atom stereocenters. The van der Waals surface area contributed by atoms with E-state index in [1.807, 2.05) is 24.3 Å². The zero-order valence-electron chi connectivity index (χ0n) is 14.3. The molecule has 0 bridgehead atoms. The number of piperazine rings is 1. The van der Waals surface area contributed by atoms with Gasteiger partial charge in [0.05, 0.1) is 32.7 Å². The fraction of sp³-hybridized carbons (Fsp3) is 0.625. The number of rotatable bonds is 9. The van der Waals surface area contributed by atoms with Crippen LogP contribution in [0.15, 0.2) is 24.3 Å². The summed E-state index contributed by atoms with van der Waals surface area (Å²) in [6.07, 6.45) is 0. The predicted octanol–water partition coefficient (Wildman–Crippen LogP) is 0.810. The second-order valence-electron chi connectivity index (χ2n) is 5.51. The summed E-state index contributed by atoms with van der Waals surface area (Å²) >= 11 is 0. The Hall–Kier alpha value is -1.35. The number of hydrogen-bond acceptors (Lipinski definition) is 6. The van der Waals surface area contributed by atoms with Crippen LogP contribution in [0.2, 0.25) is 0 Å². The summed E-state index contributed by atoms with van der Waals surface area (Å²) in [4.78, 5) is 2.18. The molecule has 0 atom stereocenters. The molecule has 1 fully saturated rings. The van der Waals surface area contributed by atoms with Gasteiger partial charge in [-0.05, 0) is 24.3 Å². The summed E-state index contributed by atoms with van der Waals surface area (Å²) in [7, 11) is -0.0437. The Morgan fingerprint density at radius 2 is 1.62 bits per heavy atom. The van der Waals surface area contributed by atoms with E-state index >= 15 is 0 Å². The summed E-state index contributed by atoms with van der Waals surface area (Å²) in [5.41, 5.74) is 1.08. The van der Waals surface area contributed by atoms with E-state index in [-0.39, 0.29) is 12.4 Å². The normalized spacial score (nSPS) is 16.3. The van der Waals surface area contributed by atoms with E-state index in [4.69, 9.17) is 14.2 Å². The topological polar surface area (TPSA) is 68.3 Å². The maximum Gasteiger partial charge on any atom is 0.216 e. The summed E-state index contributed by atoms with van der Waals surface area (Å²) in [5, 5.41) is 0. The first-order valence-corrected chi connectivity index (χ1v) is 9.61. The van der Waals surface area contributed by atoms with Gasteiger partial charge in [-0.1, -0.05) is 0 Å². The SMILES string of the molecule is COCCOCCS(=O)(=O)N1CCN(c2ccc(OC)cc2)CC1. The molecular formula is C16H26N2O5S. The first-order valence-electron chi connectivity index (χ1n) is 8.00. The van der Waals surface area contributed by atoms with Gasteiger partial charge in [0.25, 0.3) is 0 Å². The Labute approximate surface area is 144 Å². The largest absolute Gasteiger partial charge is 0.497 e. The molecule has 1 aliphatic heterocycles. The van der Waals surface area contributed by atoms with Crippen molar-refractivity contribution in [3.05, 3.63) is 24.3 Å². The van der Waals surface area contributed by atoms with Crippen molar-refractivity contribution in [2.45, 2.75) is 0 Å². The highest BCUT2D eigenvalue weighted by Crippen LogP contribution is 2.21.